The SMILES string of the molecule is FC(F)(F)c1ccc(-c2ccc3ccccc3c2Cl)cc1. The highest BCUT2D eigenvalue weighted by molar-refractivity contribution is 6.38. The van der Waals surface area contributed by atoms with Gasteiger partial charge in [0.25, 0.3) is 0 Å². The molecule has 0 aliphatic rings. The quantitative estimate of drug-likeness (QED) is 0.503. The molecular weight excluding hydrogens is 297 g/mol. The molecule has 0 radical (unpaired) electrons. The Balaban J connectivity index is 2.10. The lowest BCUT2D eigenvalue weighted by molar-refractivity contribution is -0.137. The summed E-state index contributed by atoms with van der Waals surface area (Å²) in [7, 11) is 0. The largest absolute Gasteiger partial charge is 0.416 e. The van der Waals surface area contributed by atoms with Crippen molar-refractivity contribution in [2.75, 3.05) is 0 Å². The van der Waals surface area contributed by atoms with E-state index in [9.17, 15) is 13.2 Å². The van der Waals surface area contributed by atoms with E-state index in [-0.39, 0.29) is 0 Å². The zero-order chi connectivity index (χ0) is 15.0. The van der Waals surface area contributed by atoms with E-state index in [2.05, 4.69) is 0 Å². The molecule has 3 aromatic carbocycles. The van der Waals surface area contributed by atoms with Crippen LogP contribution in [0.1, 0.15) is 5.56 Å². The first-order valence-electron chi connectivity index (χ1n) is 6.32. The van der Waals surface area contributed by atoms with Crippen LogP contribution in [0.25, 0.3) is 21.9 Å². The van der Waals surface area contributed by atoms with E-state index in [1.165, 1.54) is 12.1 Å². The van der Waals surface area contributed by atoms with Crippen LogP contribution in [0.4, 0.5) is 13.2 Å². The summed E-state index contributed by atoms with van der Waals surface area (Å²) in [6.07, 6.45) is -4.33. The van der Waals surface area contributed by atoms with Crippen LogP contribution < -0.4 is 0 Å². The highest BCUT2D eigenvalue weighted by Crippen LogP contribution is 2.36. The normalized spacial score (nSPS) is 11.8. The second-order valence-electron chi connectivity index (χ2n) is 4.72. The number of alkyl halides is 3. The molecule has 0 nitrogen and oxygen atoms in total. The molecule has 4 heteroatoms. The summed E-state index contributed by atoms with van der Waals surface area (Å²) < 4.78 is 37.8. The first kappa shape index (κ1) is 14.0. The van der Waals surface area contributed by atoms with E-state index >= 15 is 0 Å². The molecule has 0 N–H and O–H groups in total. The van der Waals surface area contributed by atoms with Gasteiger partial charge in [0, 0.05) is 10.9 Å². The van der Waals surface area contributed by atoms with Gasteiger partial charge in [-0.3, -0.25) is 0 Å². The molecule has 0 unspecified atom stereocenters. The highest BCUT2D eigenvalue weighted by atomic mass is 35.5. The average molecular weight is 307 g/mol. The Hall–Kier alpha value is -2.00. The minimum atomic E-state index is -4.33. The number of rotatable bonds is 1. The number of hydrogen-bond donors (Lipinski definition) is 0. The zero-order valence-electron chi connectivity index (χ0n) is 10.8. The molecule has 0 aliphatic carbocycles. The number of hydrogen-bond acceptors (Lipinski definition) is 0. The van der Waals surface area contributed by atoms with Crippen LogP contribution >= 0.6 is 11.6 Å². The van der Waals surface area contributed by atoms with E-state index in [4.69, 9.17) is 11.6 Å². The molecule has 0 saturated heterocycles. The van der Waals surface area contributed by atoms with Gasteiger partial charge in [-0.25, -0.2) is 0 Å². The third-order valence-electron chi connectivity index (χ3n) is 3.39. The van der Waals surface area contributed by atoms with Crippen molar-refractivity contribution in [3.05, 3.63) is 71.2 Å². The van der Waals surface area contributed by atoms with Gasteiger partial charge in [-0.05, 0) is 23.1 Å². The Morgan fingerprint density at radius 1 is 0.762 bits per heavy atom. The first-order valence-corrected chi connectivity index (χ1v) is 6.69. The highest BCUT2D eigenvalue weighted by Gasteiger charge is 2.30. The molecule has 3 rings (SSSR count). The number of halogens is 4. The third kappa shape index (κ3) is 2.61. The van der Waals surface area contributed by atoms with Crippen LogP contribution in [0, 0.1) is 0 Å². The summed E-state index contributed by atoms with van der Waals surface area (Å²) in [6, 6.07) is 16.4. The summed E-state index contributed by atoms with van der Waals surface area (Å²) in [5.41, 5.74) is 0.728. The summed E-state index contributed by atoms with van der Waals surface area (Å²) in [5.74, 6) is 0. The van der Waals surface area contributed by atoms with Crippen molar-refractivity contribution in [1.82, 2.24) is 0 Å². The van der Waals surface area contributed by atoms with Crippen molar-refractivity contribution in [2.45, 2.75) is 6.18 Å². The summed E-state index contributed by atoms with van der Waals surface area (Å²) in [5, 5.41) is 2.43. The second kappa shape index (κ2) is 5.08. The van der Waals surface area contributed by atoms with Crippen molar-refractivity contribution in [2.24, 2.45) is 0 Å². The van der Waals surface area contributed by atoms with Crippen LogP contribution in [0.15, 0.2) is 60.7 Å². The Labute approximate surface area is 124 Å². The zero-order valence-corrected chi connectivity index (χ0v) is 11.5. The van der Waals surface area contributed by atoms with Crippen LogP contribution in [0.3, 0.4) is 0 Å². The van der Waals surface area contributed by atoms with Crippen LogP contribution in [-0.2, 0) is 6.18 Å². The standard InChI is InChI=1S/C17H10ClF3/c18-16-14-4-2-1-3-11(14)7-10-15(16)12-5-8-13(9-6-12)17(19,20)21/h1-10H. The van der Waals surface area contributed by atoms with Crippen LogP contribution in [-0.4, -0.2) is 0 Å². The second-order valence-corrected chi connectivity index (χ2v) is 5.10. The smallest absolute Gasteiger partial charge is 0.166 e. The minimum absolute atomic E-state index is 0.549. The fraction of sp³-hybridized carbons (Fsp3) is 0.0588. The van der Waals surface area contributed by atoms with Gasteiger partial charge in [-0.1, -0.05) is 60.1 Å². The van der Waals surface area contributed by atoms with Gasteiger partial charge in [0.05, 0.1) is 10.6 Å². The van der Waals surface area contributed by atoms with Crippen molar-refractivity contribution < 1.29 is 13.2 Å². The fourth-order valence-corrected chi connectivity index (χ4v) is 2.64. The predicted octanol–water partition coefficient (Wildman–Crippen LogP) is 6.18. The molecule has 0 aromatic heterocycles. The molecule has 21 heavy (non-hydrogen) atoms. The van der Waals surface area contributed by atoms with Crippen molar-refractivity contribution >= 4 is 22.4 Å². The lowest BCUT2D eigenvalue weighted by atomic mass is 10.00. The molecule has 3 aromatic rings. The lowest BCUT2D eigenvalue weighted by Gasteiger charge is -2.10. The monoisotopic (exact) mass is 306 g/mol. The molecule has 0 spiro atoms. The summed E-state index contributed by atoms with van der Waals surface area (Å²) in [4.78, 5) is 0. The number of benzene rings is 3. The first-order chi connectivity index (χ1) is 9.97. The van der Waals surface area contributed by atoms with Crippen molar-refractivity contribution in [3.63, 3.8) is 0 Å². The minimum Gasteiger partial charge on any atom is -0.166 e. The van der Waals surface area contributed by atoms with E-state index in [0.29, 0.717) is 10.6 Å². The maximum Gasteiger partial charge on any atom is 0.416 e. The van der Waals surface area contributed by atoms with Gasteiger partial charge in [-0.2, -0.15) is 13.2 Å². The van der Waals surface area contributed by atoms with Crippen LogP contribution in [0.2, 0.25) is 5.02 Å². The molecule has 0 saturated carbocycles. The van der Waals surface area contributed by atoms with Gasteiger partial charge in [-0.15, -0.1) is 0 Å². The molecule has 0 atom stereocenters. The topological polar surface area (TPSA) is 0 Å². The summed E-state index contributed by atoms with van der Waals surface area (Å²) >= 11 is 6.38. The summed E-state index contributed by atoms with van der Waals surface area (Å²) in [6.45, 7) is 0. The molecule has 0 bridgehead atoms. The molecule has 106 valence electrons. The fourth-order valence-electron chi connectivity index (χ4n) is 2.30. The van der Waals surface area contributed by atoms with Gasteiger partial charge < -0.3 is 0 Å². The van der Waals surface area contributed by atoms with Crippen molar-refractivity contribution in [3.8, 4) is 11.1 Å². The van der Waals surface area contributed by atoms with E-state index in [1.54, 1.807) is 0 Å². The van der Waals surface area contributed by atoms with E-state index in [1.807, 2.05) is 36.4 Å². The molecule has 0 aliphatic heterocycles. The third-order valence-corrected chi connectivity index (χ3v) is 3.79. The lowest BCUT2D eigenvalue weighted by Crippen LogP contribution is -2.04. The maximum absolute atomic E-state index is 12.6. The van der Waals surface area contributed by atoms with Gasteiger partial charge in [0.2, 0.25) is 0 Å². The predicted molar refractivity (Wildman–Crippen MR) is 79.4 cm³/mol. The molecule has 0 amide bonds. The maximum atomic E-state index is 12.6. The van der Waals surface area contributed by atoms with Gasteiger partial charge in [0.15, 0.2) is 0 Å². The molecular formula is C17H10ClF3. The van der Waals surface area contributed by atoms with Crippen molar-refractivity contribution in [1.29, 1.82) is 0 Å². The average Bonchev–Trinajstić information content (AvgIpc) is 2.47. The van der Waals surface area contributed by atoms with Gasteiger partial charge >= 0.3 is 6.18 Å². The number of fused-ring (bicyclic) bond motifs is 1. The molecule has 0 heterocycles. The Bertz CT molecular complexity index is 789. The van der Waals surface area contributed by atoms with E-state index < -0.39 is 11.7 Å². The Morgan fingerprint density at radius 3 is 2.10 bits per heavy atom. The van der Waals surface area contributed by atoms with Crippen LogP contribution in [0.5, 0.6) is 0 Å². The Morgan fingerprint density at radius 2 is 1.43 bits per heavy atom. The molecule has 0 fully saturated rings. The van der Waals surface area contributed by atoms with Gasteiger partial charge in [0.1, 0.15) is 0 Å². The van der Waals surface area contributed by atoms with E-state index in [0.717, 1.165) is 28.5 Å². The Kier molecular flexibility index (Phi) is 3.38.